The molecular weight excluding hydrogens is 280 g/mol. The van der Waals surface area contributed by atoms with Crippen molar-refractivity contribution in [1.82, 2.24) is 10.6 Å². The van der Waals surface area contributed by atoms with E-state index in [1.165, 1.54) is 0 Å². The summed E-state index contributed by atoms with van der Waals surface area (Å²) >= 11 is 5.78. The van der Waals surface area contributed by atoms with E-state index < -0.39 is 17.9 Å². The topological polar surface area (TPSA) is 78.4 Å². The van der Waals surface area contributed by atoms with Gasteiger partial charge in [-0.15, -0.1) is 0 Å². The Morgan fingerprint density at radius 1 is 1.25 bits per heavy atom. The second-order valence-electron chi connectivity index (χ2n) is 4.69. The van der Waals surface area contributed by atoms with Gasteiger partial charge in [-0.25, -0.2) is 4.79 Å². The highest BCUT2D eigenvalue weighted by molar-refractivity contribution is 6.30. The lowest BCUT2D eigenvalue weighted by Gasteiger charge is -2.18. The van der Waals surface area contributed by atoms with Crippen LogP contribution in [-0.2, 0) is 11.2 Å². The van der Waals surface area contributed by atoms with E-state index in [4.69, 9.17) is 16.7 Å². The fourth-order valence-electron chi connectivity index (χ4n) is 1.57. The molecule has 0 radical (unpaired) electrons. The van der Waals surface area contributed by atoms with Gasteiger partial charge in [0.2, 0.25) is 0 Å². The lowest BCUT2D eigenvalue weighted by molar-refractivity contribution is -0.141. The molecule has 0 spiro atoms. The average Bonchev–Trinajstić information content (AvgIpc) is 2.39. The molecule has 0 aromatic heterocycles. The van der Waals surface area contributed by atoms with Crippen molar-refractivity contribution in [1.29, 1.82) is 0 Å². The summed E-state index contributed by atoms with van der Waals surface area (Å²) in [5.74, 6) is -1.56. The highest BCUT2D eigenvalue weighted by Crippen LogP contribution is 2.09. The van der Waals surface area contributed by atoms with Crippen molar-refractivity contribution in [3.05, 3.63) is 34.9 Å². The molecular formula is C14H19ClN2O3. The summed E-state index contributed by atoms with van der Waals surface area (Å²) in [6, 6.07) is 6.61. The Hall–Kier alpha value is -1.75. The average molecular weight is 299 g/mol. The molecule has 0 aliphatic carbocycles. The molecule has 5 nitrogen and oxygen atoms in total. The third-order valence-corrected chi connectivity index (χ3v) is 3.36. The number of rotatable bonds is 6. The van der Waals surface area contributed by atoms with Gasteiger partial charge in [-0.1, -0.05) is 23.7 Å². The largest absolute Gasteiger partial charge is 0.481 e. The van der Waals surface area contributed by atoms with Crippen molar-refractivity contribution in [3.63, 3.8) is 0 Å². The molecule has 0 fully saturated rings. The van der Waals surface area contributed by atoms with E-state index in [9.17, 15) is 9.59 Å². The summed E-state index contributed by atoms with van der Waals surface area (Å²) < 4.78 is 0. The number of aliphatic carboxylic acids is 1. The molecule has 3 N–H and O–H groups in total. The van der Waals surface area contributed by atoms with Crippen molar-refractivity contribution >= 4 is 23.6 Å². The van der Waals surface area contributed by atoms with Crippen LogP contribution in [0.5, 0.6) is 0 Å². The van der Waals surface area contributed by atoms with Crippen molar-refractivity contribution in [2.45, 2.75) is 26.3 Å². The van der Waals surface area contributed by atoms with Crippen molar-refractivity contribution in [3.8, 4) is 0 Å². The predicted molar refractivity (Wildman–Crippen MR) is 78.0 cm³/mol. The summed E-state index contributed by atoms with van der Waals surface area (Å²) in [6.45, 7) is 3.69. The van der Waals surface area contributed by atoms with Crippen LogP contribution in [0.25, 0.3) is 0 Å². The Morgan fingerprint density at radius 2 is 1.85 bits per heavy atom. The molecule has 0 aliphatic rings. The van der Waals surface area contributed by atoms with Crippen molar-refractivity contribution in [2.24, 2.45) is 5.92 Å². The minimum atomic E-state index is -0.932. The SMILES string of the molecule is CC(NC(=O)NCCc1ccc(Cl)cc1)C(C)C(=O)O. The molecule has 0 bridgehead atoms. The number of carbonyl (C=O) groups is 2. The van der Waals surface area contributed by atoms with Crippen LogP contribution in [0.3, 0.4) is 0 Å². The number of carbonyl (C=O) groups excluding carboxylic acids is 1. The lowest BCUT2D eigenvalue weighted by Crippen LogP contribution is -2.45. The first-order chi connectivity index (χ1) is 9.40. The van der Waals surface area contributed by atoms with E-state index in [0.29, 0.717) is 18.0 Å². The van der Waals surface area contributed by atoms with Gasteiger partial charge in [-0.3, -0.25) is 4.79 Å². The molecule has 1 aromatic rings. The number of carboxylic acid groups (broad SMARTS) is 1. The number of hydrogen-bond donors (Lipinski definition) is 3. The molecule has 2 unspecified atom stereocenters. The zero-order valence-electron chi connectivity index (χ0n) is 11.5. The van der Waals surface area contributed by atoms with Gasteiger partial charge in [0.1, 0.15) is 0 Å². The summed E-state index contributed by atoms with van der Waals surface area (Å²) in [4.78, 5) is 22.4. The Bertz CT molecular complexity index is 462. The number of hydrogen-bond acceptors (Lipinski definition) is 2. The summed E-state index contributed by atoms with van der Waals surface area (Å²) in [6.07, 6.45) is 0.688. The van der Waals surface area contributed by atoms with Gasteiger partial charge in [0.25, 0.3) is 0 Å². The fourth-order valence-corrected chi connectivity index (χ4v) is 1.69. The van der Waals surface area contributed by atoms with Gasteiger partial charge in [0.05, 0.1) is 5.92 Å². The van der Waals surface area contributed by atoms with Crippen LogP contribution < -0.4 is 10.6 Å². The standard InChI is InChI=1S/C14H19ClN2O3/c1-9(13(18)19)10(2)17-14(20)16-8-7-11-3-5-12(15)6-4-11/h3-6,9-10H,7-8H2,1-2H3,(H,18,19)(H2,16,17,20). The van der Waals surface area contributed by atoms with Gasteiger partial charge >= 0.3 is 12.0 Å². The van der Waals surface area contributed by atoms with E-state index in [0.717, 1.165) is 5.56 Å². The van der Waals surface area contributed by atoms with E-state index in [-0.39, 0.29) is 6.03 Å². The number of benzene rings is 1. The molecule has 0 saturated heterocycles. The number of carboxylic acids is 1. The first kappa shape index (κ1) is 16.3. The first-order valence-electron chi connectivity index (χ1n) is 6.41. The highest BCUT2D eigenvalue weighted by Gasteiger charge is 2.20. The molecule has 1 rings (SSSR count). The second kappa shape index (κ2) is 7.75. The summed E-state index contributed by atoms with van der Waals surface area (Å²) in [7, 11) is 0. The highest BCUT2D eigenvalue weighted by atomic mass is 35.5. The van der Waals surface area contributed by atoms with Gasteiger partial charge in [-0.2, -0.15) is 0 Å². The van der Waals surface area contributed by atoms with Crippen LogP contribution in [-0.4, -0.2) is 29.7 Å². The van der Waals surface area contributed by atoms with Gasteiger partial charge in [-0.05, 0) is 38.0 Å². The third-order valence-electron chi connectivity index (χ3n) is 3.11. The Labute approximate surface area is 123 Å². The number of nitrogens with one attached hydrogen (secondary N) is 2. The Balaban J connectivity index is 2.29. The normalized spacial score (nSPS) is 13.3. The molecule has 2 amide bonds. The smallest absolute Gasteiger partial charge is 0.315 e. The maximum absolute atomic E-state index is 11.6. The van der Waals surface area contributed by atoms with Crippen molar-refractivity contribution < 1.29 is 14.7 Å². The molecule has 110 valence electrons. The predicted octanol–water partition coefficient (Wildman–Crippen LogP) is 2.29. The van der Waals surface area contributed by atoms with Crippen molar-refractivity contribution in [2.75, 3.05) is 6.54 Å². The monoisotopic (exact) mass is 298 g/mol. The van der Waals surface area contributed by atoms with Gasteiger partial charge in [0.15, 0.2) is 0 Å². The van der Waals surface area contributed by atoms with Gasteiger partial charge < -0.3 is 15.7 Å². The third kappa shape index (κ3) is 5.48. The first-order valence-corrected chi connectivity index (χ1v) is 6.79. The Morgan fingerprint density at radius 3 is 2.40 bits per heavy atom. The zero-order chi connectivity index (χ0) is 15.1. The summed E-state index contributed by atoms with van der Waals surface area (Å²) in [5.41, 5.74) is 1.07. The number of urea groups is 1. The van der Waals surface area contributed by atoms with E-state index in [1.807, 2.05) is 12.1 Å². The van der Waals surface area contributed by atoms with Crippen LogP contribution in [0.1, 0.15) is 19.4 Å². The van der Waals surface area contributed by atoms with Crippen LogP contribution in [0, 0.1) is 5.92 Å². The fraction of sp³-hybridized carbons (Fsp3) is 0.429. The molecule has 0 saturated carbocycles. The molecule has 1 aromatic carbocycles. The number of amides is 2. The second-order valence-corrected chi connectivity index (χ2v) is 5.13. The lowest BCUT2D eigenvalue weighted by atomic mass is 10.0. The van der Waals surface area contributed by atoms with E-state index >= 15 is 0 Å². The van der Waals surface area contributed by atoms with Crippen LogP contribution in [0.15, 0.2) is 24.3 Å². The molecule has 0 heterocycles. The molecule has 0 aliphatic heterocycles. The van der Waals surface area contributed by atoms with Crippen LogP contribution in [0.2, 0.25) is 5.02 Å². The minimum Gasteiger partial charge on any atom is -0.481 e. The van der Waals surface area contributed by atoms with E-state index in [1.54, 1.807) is 26.0 Å². The van der Waals surface area contributed by atoms with E-state index in [2.05, 4.69) is 10.6 Å². The van der Waals surface area contributed by atoms with Crippen LogP contribution in [0.4, 0.5) is 4.79 Å². The minimum absolute atomic E-state index is 0.362. The zero-order valence-corrected chi connectivity index (χ0v) is 12.3. The maximum Gasteiger partial charge on any atom is 0.315 e. The van der Waals surface area contributed by atoms with Crippen LogP contribution >= 0.6 is 11.6 Å². The molecule has 2 atom stereocenters. The Kier molecular flexibility index (Phi) is 6.31. The summed E-state index contributed by atoms with van der Waals surface area (Å²) in [5, 5.41) is 14.8. The molecule has 20 heavy (non-hydrogen) atoms. The maximum atomic E-state index is 11.6. The van der Waals surface area contributed by atoms with Gasteiger partial charge in [0, 0.05) is 17.6 Å². The molecule has 6 heteroatoms. The quantitative estimate of drug-likeness (QED) is 0.754. The number of halogens is 1.